The van der Waals surface area contributed by atoms with Crippen LogP contribution in [0, 0.1) is 6.92 Å². The lowest BCUT2D eigenvalue weighted by Gasteiger charge is -2.27. The molecular formula is C39H40FN3O4S. The highest BCUT2D eigenvalue weighted by molar-refractivity contribution is 7.22. The van der Waals surface area contributed by atoms with Gasteiger partial charge in [-0.1, -0.05) is 30.3 Å². The van der Waals surface area contributed by atoms with E-state index in [1.807, 2.05) is 76.8 Å². The molecule has 3 heterocycles. The van der Waals surface area contributed by atoms with Crippen LogP contribution >= 0.6 is 11.3 Å². The largest absolute Gasteiger partial charge is 0.490 e. The summed E-state index contributed by atoms with van der Waals surface area (Å²) < 4.78 is 31.6. The molecule has 0 bridgehead atoms. The van der Waals surface area contributed by atoms with Crippen molar-refractivity contribution >= 4 is 44.0 Å². The molecule has 0 radical (unpaired) electrons. The van der Waals surface area contributed by atoms with Gasteiger partial charge in [-0.05, 0) is 106 Å². The van der Waals surface area contributed by atoms with Crippen molar-refractivity contribution in [2.75, 3.05) is 6.61 Å². The molecule has 1 saturated heterocycles. The maximum Gasteiger partial charge on any atom is 0.307 e. The molecule has 0 amide bonds. The Bertz CT molecular complexity index is 2160. The van der Waals surface area contributed by atoms with Crippen molar-refractivity contribution in [2.45, 2.75) is 66.4 Å². The van der Waals surface area contributed by atoms with E-state index in [2.05, 4.69) is 35.4 Å². The molecule has 2 aromatic heterocycles. The Morgan fingerprint density at radius 2 is 1.90 bits per heavy atom. The summed E-state index contributed by atoms with van der Waals surface area (Å²) in [6.45, 7) is 11.6. The molecule has 0 atom stereocenters. The van der Waals surface area contributed by atoms with E-state index in [0.29, 0.717) is 35.2 Å². The number of aromatic nitrogens is 3. The fourth-order valence-electron chi connectivity index (χ4n) is 6.24. The van der Waals surface area contributed by atoms with E-state index in [9.17, 15) is 9.90 Å². The molecular weight excluding hydrogens is 626 g/mol. The Morgan fingerprint density at radius 3 is 2.62 bits per heavy atom. The Kier molecular flexibility index (Phi) is 9.00. The van der Waals surface area contributed by atoms with Gasteiger partial charge in [0.1, 0.15) is 10.6 Å². The lowest BCUT2D eigenvalue weighted by molar-refractivity contribution is -0.136. The van der Waals surface area contributed by atoms with Crippen LogP contribution in [-0.4, -0.2) is 38.0 Å². The lowest BCUT2D eigenvalue weighted by Crippen LogP contribution is -2.21. The first-order valence-electron chi connectivity index (χ1n) is 16.1. The van der Waals surface area contributed by atoms with Crippen molar-refractivity contribution in [1.29, 1.82) is 0 Å². The van der Waals surface area contributed by atoms with Crippen molar-refractivity contribution in [1.82, 2.24) is 14.8 Å². The third-order valence-electron chi connectivity index (χ3n) is 8.53. The summed E-state index contributed by atoms with van der Waals surface area (Å²) in [7, 11) is 1.93. The summed E-state index contributed by atoms with van der Waals surface area (Å²) in [6, 6.07) is 16.4. The third kappa shape index (κ3) is 6.52. The molecule has 0 aliphatic carbocycles. The number of hydrogen-bond donors (Lipinski definition) is 1. The average molecular weight is 666 g/mol. The van der Waals surface area contributed by atoms with Crippen LogP contribution < -0.4 is 0 Å². The second-order valence-corrected chi connectivity index (χ2v) is 14.2. The van der Waals surface area contributed by atoms with Gasteiger partial charge < -0.3 is 14.6 Å². The number of aryl methyl sites for hydroxylation is 2. The second kappa shape index (κ2) is 13.0. The standard InChI is InChI=1S/C39H40FN3O4S/c1-8-24-13-10-16-46-36(24)34(40)35(47-39(4,5)6)23(3)33-29(20-32(44)45)22(2)17-30-37(33)48-38(42-30)27-12-9-11-25(18-27)26-14-15-31-28(19-26)21-41-43(31)7/h8-9,11-12,14-15,17-19,21H,10,13,16,20H2,1-7H3,(H,44,45). The Hall–Kier alpha value is -4.76. The molecule has 6 rings (SSSR count). The fourth-order valence-corrected chi connectivity index (χ4v) is 7.41. The van der Waals surface area contributed by atoms with Crippen LogP contribution in [-0.2, 0) is 27.7 Å². The lowest BCUT2D eigenvalue weighted by atomic mass is 9.92. The molecule has 48 heavy (non-hydrogen) atoms. The summed E-state index contributed by atoms with van der Waals surface area (Å²) in [4.78, 5) is 17.2. The van der Waals surface area contributed by atoms with Crippen LogP contribution in [0.15, 0.2) is 83.7 Å². The predicted octanol–water partition coefficient (Wildman–Crippen LogP) is 9.94. The number of carboxylic acids is 1. The zero-order valence-corrected chi connectivity index (χ0v) is 29.2. The maximum absolute atomic E-state index is 16.7. The van der Waals surface area contributed by atoms with E-state index in [1.165, 1.54) is 11.3 Å². The smallest absolute Gasteiger partial charge is 0.307 e. The summed E-state index contributed by atoms with van der Waals surface area (Å²) in [5, 5.41) is 16.2. The van der Waals surface area contributed by atoms with Gasteiger partial charge in [-0.15, -0.1) is 11.3 Å². The van der Waals surface area contributed by atoms with Gasteiger partial charge in [0.05, 0.1) is 35.0 Å². The first-order chi connectivity index (χ1) is 22.8. The molecule has 3 aromatic carbocycles. The Morgan fingerprint density at radius 1 is 1.15 bits per heavy atom. The van der Waals surface area contributed by atoms with Crippen LogP contribution in [0.5, 0.6) is 0 Å². The molecule has 248 valence electrons. The number of nitrogens with zero attached hydrogens (tertiary/aromatic N) is 3. The van der Waals surface area contributed by atoms with E-state index in [-0.39, 0.29) is 17.9 Å². The zero-order valence-electron chi connectivity index (χ0n) is 28.4. The van der Waals surface area contributed by atoms with E-state index < -0.39 is 17.4 Å². The number of fused-ring (bicyclic) bond motifs is 2. The minimum absolute atomic E-state index is 0.0417. The highest BCUT2D eigenvalue weighted by atomic mass is 32.1. The molecule has 1 fully saturated rings. The van der Waals surface area contributed by atoms with Gasteiger partial charge in [0, 0.05) is 29.1 Å². The Balaban J connectivity index is 1.56. The number of allylic oxidation sites excluding steroid dienone is 4. The predicted molar refractivity (Wildman–Crippen MR) is 191 cm³/mol. The summed E-state index contributed by atoms with van der Waals surface area (Å²) in [5.41, 5.74) is 7.34. The molecule has 1 N–H and O–H groups in total. The maximum atomic E-state index is 16.7. The van der Waals surface area contributed by atoms with Gasteiger partial charge in [-0.2, -0.15) is 9.49 Å². The number of halogens is 1. The van der Waals surface area contributed by atoms with Crippen LogP contribution in [0.4, 0.5) is 4.39 Å². The van der Waals surface area contributed by atoms with E-state index in [4.69, 9.17) is 14.5 Å². The van der Waals surface area contributed by atoms with Gasteiger partial charge in [0.15, 0.2) is 11.5 Å². The summed E-state index contributed by atoms with van der Waals surface area (Å²) in [6.07, 6.45) is 5.01. The van der Waals surface area contributed by atoms with Crippen molar-refractivity contribution in [3.8, 4) is 21.7 Å². The zero-order chi connectivity index (χ0) is 34.3. The number of ether oxygens (including phenoxy) is 2. The highest BCUT2D eigenvalue weighted by Crippen LogP contribution is 2.43. The number of carboxylic acid groups (broad SMARTS) is 1. The SMILES string of the molecule is CC=C1CCCOC1=C(F)C(OC(C)(C)C)=C(C)c1c(CC(=O)O)c(C)cc2nc(-c3cccc(-c4ccc5c(cnn5C)c4)c3)sc12. The van der Waals surface area contributed by atoms with Crippen LogP contribution in [0.2, 0.25) is 0 Å². The number of carbonyl (C=O) groups is 1. The molecule has 1 aliphatic rings. The summed E-state index contributed by atoms with van der Waals surface area (Å²) in [5.74, 6) is -1.34. The molecule has 5 aromatic rings. The number of benzene rings is 3. The van der Waals surface area contributed by atoms with Gasteiger partial charge in [0.2, 0.25) is 5.83 Å². The van der Waals surface area contributed by atoms with Gasteiger partial charge in [-0.25, -0.2) is 4.98 Å². The van der Waals surface area contributed by atoms with Crippen molar-refractivity contribution in [2.24, 2.45) is 7.05 Å². The van der Waals surface area contributed by atoms with Gasteiger partial charge in [0.25, 0.3) is 0 Å². The molecule has 1 aliphatic heterocycles. The minimum atomic E-state index is -0.974. The van der Waals surface area contributed by atoms with Crippen LogP contribution in [0.1, 0.15) is 64.2 Å². The number of aliphatic carboxylic acids is 1. The number of thiazole rings is 1. The molecule has 7 nitrogen and oxygen atoms in total. The quantitative estimate of drug-likeness (QED) is 0.174. The molecule has 0 saturated carbocycles. The molecule has 0 unspecified atom stereocenters. The highest BCUT2D eigenvalue weighted by Gasteiger charge is 2.29. The third-order valence-corrected chi connectivity index (χ3v) is 9.67. The average Bonchev–Trinajstić information content (AvgIpc) is 3.65. The van der Waals surface area contributed by atoms with Crippen molar-refractivity contribution in [3.05, 3.63) is 100 Å². The van der Waals surface area contributed by atoms with Crippen molar-refractivity contribution < 1.29 is 23.8 Å². The van der Waals surface area contributed by atoms with E-state index in [1.54, 1.807) is 6.92 Å². The fraction of sp³-hybridized carbons (Fsp3) is 0.308. The molecule has 0 spiro atoms. The minimum Gasteiger partial charge on any atom is -0.490 e. The second-order valence-electron chi connectivity index (χ2n) is 13.2. The van der Waals surface area contributed by atoms with Gasteiger partial charge in [-0.3, -0.25) is 9.48 Å². The van der Waals surface area contributed by atoms with Gasteiger partial charge >= 0.3 is 5.97 Å². The normalized spacial score (nSPS) is 16.3. The monoisotopic (exact) mass is 665 g/mol. The number of rotatable bonds is 7. The first kappa shape index (κ1) is 33.2. The van der Waals surface area contributed by atoms with E-state index >= 15 is 4.39 Å². The van der Waals surface area contributed by atoms with Crippen LogP contribution in [0.3, 0.4) is 0 Å². The molecule has 9 heteroatoms. The number of hydrogen-bond acceptors (Lipinski definition) is 6. The summed E-state index contributed by atoms with van der Waals surface area (Å²) >= 11 is 1.46. The van der Waals surface area contributed by atoms with Crippen molar-refractivity contribution in [3.63, 3.8) is 0 Å². The van der Waals surface area contributed by atoms with E-state index in [0.717, 1.165) is 54.9 Å². The van der Waals surface area contributed by atoms with Crippen LogP contribution in [0.25, 0.3) is 48.4 Å². The topological polar surface area (TPSA) is 86.5 Å². The Labute approximate surface area is 284 Å². The first-order valence-corrected chi connectivity index (χ1v) is 16.9.